The van der Waals surface area contributed by atoms with Crippen molar-refractivity contribution < 1.29 is 14.0 Å². The van der Waals surface area contributed by atoms with Gasteiger partial charge in [0.25, 0.3) is 5.91 Å². The molecule has 0 saturated carbocycles. The summed E-state index contributed by atoms with van der Waals surface area (Å²) in [5.74, 6) is -0.491. The molecule has 0 aliphatic carbocycles. The number of benzene rings is 2. The van der Waals surface area contributed by atoms with Gasteiger partial charge in [-0.25, -0.2) is 4.39 Å². The molecule has 1 atom stereocenters. The van der Waals surface area contributed by atoms with Crippen molar-refractivity contribution in [3.63, 3.8) is 0 Å². The van der Waals surface area contributed by atoms with Crippen LogP contribution in [0.3, 0.4) is 0 Å². The summed E-state index contributed by atoms with van der Waals surface area (Å²) in [6.45, 7) is 4.13. The minimum atomic E-state index is -0.471. The van der Waals surface area contributed by atoms with Crippen LogP contribution in [0.15, 0.2) is 42.5 Å². The van der Waals surface area contributed by atoms with E-state index in [-0.39, 0.29) is 17.6 Å². The summed E-state index contributed by atoms with van der Waals surface area (Å²) in [6, 6.07) is 10.9. The third-order valence-electron chi connectivity index (χ3n) is 6.18. The summed E-state index contributed by atoms with van der Waals surface area (Å²) >= 11 is 12.3. The SMILES string of the molecule is O=C(C1CCCN1C(=O)c1cc(Cl)ccc1Cl)N1CCCN(Cc2ccc(F)cc2)CC1. The van der Waals surface area contributed by atoms with E-state index >= 15 is 0 Å². The Balaban J connectivity index is 1.40. The number of hydrogen-bond donors (Lipinski definition) is 0. The molecule has 8 heteroatoms. The Labute approximate surface area is 197 Å². The fraction of sp³-hybridized carbons (Fsp3) is 0.417. The second-order valence-corrected chi connectivity index (χ2v) is 9.21. The summed E-state index contributed by atoms with van der Waals surface area (Å²) in [7, 11) is 0. The highest BCUT2D eigenvalue weighted by atomic mass is 35.5. The number of halogens is 3. The van der Waals surface area contributed by atoms with E-state index in [0.29, 0.717) is 41.7 Å². The fourth-order valence-electron chi connectivity index (χ4n) is 4.49. The first-order valence-electron chi connectivity index (χ1n) is 10.9. The number of carbonyl (C=O) groups is 2. The summed E-state index contributed by atoms with van der Waals surface area (Å²) < 4.78 is 13.2. The van der Waals surface area contributed by atoms with E-state index in [9.17, 15) is 14.0 Å². The Hall–Kier alpha value is -2.15. The van der Waals surface area contributed by atoms with Crippen LogP contribution in [0.25, 0.3) is 0 Å². The number of nitrogens with zero attached hydrogens (tertiary/aromatic N) is 3. The van der Waals surface area contributed by atoms with Gasteiger partial charge in [0.2, 0.25) is 5.91 Å². The molecule has 2 aromatic carbocycles. The van der Waals surface area contributed by atoms with Crippen LogP contribution in [0.2, 0.25) is 10.0 Å². The highest BCUT2D eigenvalue weighted by Crippen LogP contribution is 2.27. The van der Waals surface area contributed by atoms with E-state index in [2.05, 4.69) is 4.90 Å². The van der Waals surface area contributed by atoms with E-state index in [1.54, 1.807) is 35.2 Å². The average molecular weight is 478 g/mol. The zero-order valence-electron chi connectivity index (χ0n) is 17.8. The molecule has 0 spiro atoms. The zero-order valence-corrected chi connectivity index (χ0v) is 19.3. The fourth-order valence-corrected chi connectivity index (χ4v) is 4.86. The summed E-state index contributed by atoms with van der Waals surface area (Å²) in [4.78, 5) is 32.3. The van der Waals surface area contributed by atoms with Gasteiger partial charge in [0.15, 0.2) is 0 Å². The maximum atomic E-state index is 13.4. The molecule has 2 heterocycles. The van der Waals surface area contributed by atoms with Gasteiger partial charge in [0.05, 0.1) is 10.6 Å². The Kier molecular flexibility index (Phi) is 7.33. The standard InChI is InChI=1S/C24H26Cl2FN3O2/c25-18-6-9-21(26)20(15-18)23(31)30-12-1-3-22(30)24(32)29-11-2-10-28(13-14-29)16-17-4-7-19(27)8-5-17/h4-9,15,22H,1-3,10-14,16H2. The number of carbonyl (C=O) groups excluding carboxylic acids is 2. The van der Waals surface area contributed by atoms with Crippen LogP contribution < -0.4 is 0 Å². The van der Waals surface area contributed by atoms with Crippen LogP contribution in [0.5, 0.6) is 0 Å². The first kappa shape index (κ1) is 23.0. The van der Waals surface area contributed by atoms with Crippen LogP contribution in [0.1, 0.15) is 35.2 Å². The van der Waals surface area contributed by atoms with Gasteiger partial charge in [0.1, 0.15) is 11.9 Å². The van der Waals surface area contributed by atoms with Crippen molar-refractivity contribution in [3.05, 3.63) is 69.5 Å². The third kappa shape index (κ3) is 5.25. The molecule has 0 radical (unpaired) electrons. The molecule has 4 rings (SSSR count). The molecular formula is C24H26Cl2FN3O2. The molecule has 0 bridgehead atoms. The zero-order chi connectivity index (χ0) is 22.7. The molecule has 2 amide bonds. The van der Waals surface area contributed by atoms with Crippen molar-refractivity contribution in [2.75, 3.05) is 32.7 Å². The number of likely N-dealkylation sites (tertiary alicyclic amines) is 1. The largest absolute Gasteiger partial charge is 0.340 e. The smallest absolute Gasteiger partial charge is 0.256 e. The number of hydrogen-bond acceptors (Lipinski definition) is 3. The quantitative estimate of drug-likeness (QED) is 0.652. The normalized spacial score (nSPS) is 19.8. The molecule has 170 valence electrons. The van der Waals surface area contributed by atoms with Gasteiger partial charge in [-0.3, -0.25) is 14.5 Å². The van der Waals surface area contributed by atoms with Crippen LogP contribution in [-0.2, 0) is 11.3 Å². The van der Waals surface area contributed by atoms with Crippen LogP contribution in [-0.4, -0.2) is 65.3 Å². The number of rotatable bonds is 4. The Morgan fingerprint density at radius 1 is 0.938 bits per heavy atom. The summed E-state index contributed by atoms with van der Waals surface area (Å²) in [5, 5.41) is 0.775. The first-order chi connectivity index (χ1) is 15.4. The van der Waals surface area contributed by atoms with Crippen LogP contribution >= 0.6 is 23.2 Å². The van der Waals surface area contributed by atoms with Crippen molar-refractivity contribution in [1.29, 1.82) is 0 Å². The van der Waals surface area contributed by atoms with Crippen molar-refractivity contribution in [3.8, 4) is 0 Å². The van der Waals surface area contributed by atoms with Gasteiger partial charge in [-0.15, -0.1) is 0 Å². The minimum Gasteiger partial charge on any atom is -0.340 e. The van der Waals surface area contributed by atoms with Crippen molar-refractivity contribution in [2.45, 2.75) is 31.8 Å². The Morgan fingerprint density at radius 3 is 2.50 bits per heavy atom. The molecule has 2 aliphatic rings. The van der Waals surface area contributed by atoms with E-state index < -0.39 is 6.04 Å². The van der Waals surface area contributed by atoms with Gasteiger partial charge < -0.3 is 9.80 Å². The highest BCUT2D eigenvalue weighted by Gasteiger charge is 2.37. The minimum absolute atomic E-state index is 0.00219. The number of amides is 2. The molecule has 2 fully saturated rings. The van der Waals surface area contributed by atoms with Gasteiger partial charge in [-0.1, -0.05) is 35.3 Å². The van der Waals surface area contributed by atoms with Crippen molar-refractivity contribution in [2.24, 2.45) is 0 Å². The van der Waals surface area contributed by atoms with Crippen LogP contribution in [0.4, 0.5) is 4.39 Å². The lowest BCUT2D eigenvalue weighted by Crippen LogP contribution is -2.48. The van der Waals surface area contributed by atoms with Gasteiger partial charge in [0, 0.05) is 44.3 Å². The Morgan fingerprint density at radius 2 is 1.72 bits per heavy atom. The lowest BCUT2D eigenvalue weighted by Gasteiger charge is -2.30. The maximum absolute atomic E-state index is 13.4. The lowest BCUT2D eigenvalue weighted by atomic mass is 10.1. The highest BCUT2D eigenvalue weighted by molar-refractivity contribution is 6.35. The molecule has 5 nitrogen and oxygen atoms in total. The monoisotopic (exact) mass is 477 g/mol. The molecule has 2 aromatic rings. The van der Waals surface area contributed by atoms with E-state index in [1.165, 1.54) is 12.1 Å². The molecule has 0 N–H and O–H groups in total. The first-order valence-corrected chi connectivity index (χ1v) is 11.7. The molecule has 2 aliphatic heterocycles. The summed E-state index contributed by atoms with van der Waals surface area (Å²) in [6.07, 6.45) is 2.29. The van der Waals surface area contributed by atoms with Gasteiger partial charge >= 0.3 is 0 Å². The molecular weight excluding hydrogens is 452 g/mol. The van der Waals surface area contributed by atoms with Crippen molar-refractivity contribution >= 4 is 35.0 Å². The molecule has 1 unspecified atom stereocenters. The second kappa shape index (κ2) is 10.2. The van der Waals surface area contributed by atoms with Crippen LogP contribution in [0, 0.1) is 5.82 Å². The van der Waals surface area contributed by atoms with E-state index in [1.807, 2.05) is 4.90 Å². The average Bonchev–Trinajstić information content (AvgIpc) is 3.16. The lowest BCUT2D eigenvalue weighted by molar-refractivity contribution is -0.135. The second-order valence-electron chi connectivity index (χ2n) is 8.36. The van der Waals surface area contributed by atoms with E-state index in [4.69, 9.17) is 23.2 Å². The predicted octanol–water partition coefficient (Wildman–Crippen LogP) is 4.47. The maximum Gasteiger partial charge on any atom is 0.256 e. The van der Waals surface area contributed by atoms with E-state index in [0.717, 1.165) is 38.0 Å². The van der Waals surface area contributed by atoms with Gasteiger partial charge in [-0.2, -0.15) is 0 Å². The molecule has 0 aromatic heterocycles. The predicted molar refractivity (Wildman–Crippen MR) is 123 cm³/mol. The molecule has 32 heavy (non-hydrogen) atoms. The topological polar surface area (TPSA) is 43.9 Å². The van der Waals surface area contributed by atoms with Gasteiger partial charge in [-0.05, 0) is 55.2 Å². The summed E-state index contributed by atoms with van der Waals surface area (Å²) in [5.41, 5.74) is 1.39. The molecule has 2 saturated heterocycles. The third-order valence-corrected chi connectivity index (χ3v) is 6.74. The Bertz CT molecular complexity index is 986. The van der Waals surface area contributed by atoms with Crippen molar-refractivity contribution in [1.82, 2.24) is 14.7 Å².